The lowest BCUT2D eigenvalue weighted by atomic mass is 9.89. The van der Waals surface area contributed by atoms with Gasteiger partial charge in [0.2, 0.25) is 0 Å². The molecule has 1 heteroatoms. The van der Waals surface area contributed by atoms with Gasteiger partial charge in [0.1, 0.15) is 0 Å². The summed E-state index contributed by atoms with van der Waals surface area (Å²) in [5.41, 5.74) is 1.86. The van der Waals surface area contributed by atoms with E-state index in [0.29, 0.717) is 0 Å². The highest BCUT2D eigenvalue weighted by Gasteiger charge is 2.72. The third-order valence-corrected chi connectivity index (χ3v) is 7.37. The average Bonchev–Trinajstić information content (AvgIpc) is 2.45. The first-order valence-corrected chi connectivity index (χ1v) is 10.9. The van der Waals surface area contributed by atoms with Crippen LogP contribution < -0.4 is 0 Å². The molecule has 0 amide bonds. The van der Waals surface area contributed by atoms with Crippen LogP contribution >= 0.6 is 0 Å². The van der Waals surface area contributed by atoms with Crippen molar-refractivity contribution >= 4 is 8.07 Å². The Labute approximate surface area is 101 Å². The number of rotatable bonds is 2. The zero-order chi connectivity index (χ0) is 11.1. The van der Waals surface area contributed by atoms with Gasteiger partial charge in [-0.3, -0.25) is 0 Å². The Morgan fingerprint density at radius 3 is 2.50 bits per heavy atom. The third kappa shape index (κ3) is 1.21. The normalized spacial score (nSPS) is 52.6. The molecule has 0 N–H and O–H groups in total. The molecule has 0 aromatic rings. The molecule has 0 heterocycles. The van der Waals surface area contributed by atoms with E-state index < -0.39 is 8.07 Å². The van der Waals surface area contributed by atoms with Gasteiger partial charge >= 0.3 is 0 Å². The summed E-state index contributed by atoms with van der Waals surface area (Å²) in [5, 5.41) is 0. The lowest BCUT2D eigenvalue weighted by molar-refractivity contribution is 0.345. The van der Waals surface area contributed by atoms with Crippen molar-refractivity contribution in [2.75, 3.05) is 0 Å². The first-order chi connectivity index (χ1) is 7.54. The van der Waals surface area contributed by atoms with Gasteiger partial charge in [0.15, 0.2) is 0 Å². The Morgan fingerprint density at radius 1 is 1.06 bits per heavy atom. The van der Waals surface area contributed by atoms with E-state index in [4.69, 9.17) is 0 Å². The standard InChI is InChI=1S/C15H24Si/c1-16(2,3)8-9-4-5-10-11-7-13-14(10)15(13)12(11)6-9/h4,10-15H,5-8H2,1-3H3. The zero-order valence-electron chi connectivity index (χ0n) is 10.9. The molecule has 6 bridgehead atoms. The van der Waals surface area contributed by atoms with Gasteiger partial charge in [0.05, 0.1) is 0 Å². The van der Waals surface area contributed by atoms with E-state index in [9.17, 15) is 0 Å². The van der Waals surface area contributed by atoms with Gasteiger partial charge in [-0.1, -0.05) is 31.3 Å². The molecule has 6 atom stereocenters. The largest absolute Gasteiger partial charge is 0.0853 e. The third-order valence-electron chi connectivity index (χ3n) is 5.86. The van der Waals surface area contributed by atoms with Crippen LogP contribution in [0.4, 0.5) is 0 Å². The molecule has 0 nitrogen and oxygen atoms in total. The summed E-state index contributed by atoms with van der Waals surface area (Å²) < 4.78 is 0. The molecule has 0 saturated heterocycles. The number of allylic oxidation sites excluding steroid dienone is 2. The van der Waals surface area contributed by atoms with Crippen molar-refractivity contribution in [1.82, 2.24) is 0 Å². The fourth-order valence-corrected chi connectivity index (χ4v) is 7.29. The lowest BCUT2D eigenvalue weighted by Gasteiger charge is -2.21. The van der Waals surface area contributed by atoms with Gasteiger partial charge in [-0.25, -0.2) is 0 Å². The van der Waals surface area contributed by atoms with Gasteiger partial charge < -0.3 is 0 Å². The molecule has 5 rings (SSSR count). The predicted molar refractivity (Wildman–Crippen MR) is 71.0 cm³/mol. The summed E-state index contributed by atoms with van der Waals surface area (Å²) in [7, 11) is -0.880. The minimum Gasteiger partial charge on any atom is -0.0853 e. The Kier molecular flexibility index (Phi) is 1.77. The summed E-state index contributed by atoms with van der Waals surface area (Å²) in [4.78, 5) is 0. The molecule has 0 aliphatic heterocycles. The SMILES string of the molecule is C[Si](C)(C)CC1=CCC2C3CC4C2C4C3C1. The van der Waals surface area contributed by atoms with E-state index >= 15 is 0 Å². The second-order valence-corrected chi connectivity index (χ2v) is 13.6. The van der Waals surface area contributed by atoms with Crippen LogP contribution in [0.5, 0.6) is 0 Å². The van der Waals surface area contributed by atoms with Crippen molar-refractivity contribution in [3.63, 3.8) is 0 Å². The van der Waals surface area contributed by atoms with E-state index in [1.807, 2.05) is 5.57 Å². The monoisotopic (exact) mass is 232 g/mol. The number of hydrogen-bond acceptors (Lipinski definition) is 0. The van der Waals surface area contributed by atoms with Crippen LogP contribution in [0.3, 0.4) is 0 Å². The van der Waals surface area contributed by atoms with E-state index in [2.05, 4.69) is 25.7 Å². The summed E-state index contributed by atoms with van der Waals surface area (Å²) in [6.45, 7) is 7.57. The Bertz CT molecular complexity index is 362. The van der Waals surface area contributed by atoms with Gasteiger partial charge in [-0.2, -0.15) is 0 Å². The summed E-state index contributed by atoms with van der Waals surface area (Å²) in [6.07, 6.45) is 7.26. The van der Waals surface area contributed by atoms with E-state index in [1.165, 1.54) is 36.6 Å². The summed E-state index contributed by atoms with van der Waals surface area (Å²) >= 11 is 0. The van der Waals surface area contributed by atoms with Crippen LogP contribution in [0.1, 0.15) is 19.3 Å². The van der Waals surface area contributed by atoms with E-state index in [1.54, 1.807) is 6.42 Å². The quantitative estimate of drug-likeness (QED) is 0.495. The van der Waals surface area contributed by atoms with Crippen LogP contribution in [-0.2, 0) is 0 Å². The molecule has 4 saturated carbocycles. The van der Waals surface area contributed by atoms with Gasteiger partial charge in [0, 0.05) is 8.07 Å². The highest BCUT2D eigenvalue weighted by atomic mass is 28.3. The Morgan fingerprint density at radius 2 is 1.81 bits per heavy atom. The van der Waals surface area contributed by atoms with Crippen LogP contribution in [0.25, 0.3) is 0 Å². The second kappa shape index (κ2) is 2.85. The molecule has 0 spiro atoms. The molecule has 5 aliphatic carbocycles. The van der Waals surface area contributed by atoms with Crippen molar-refractivity contribution in [1.29, 1.82) is 0 Å². The maximum atomic E-state index is 2.67. The second-order valence-electron chi connectivity index (χ2n) is 8.09. The molecular weight excluding hydrogens is 208 g/mol. The minimum atomic E-state index is -0.880. The van der Waals surface area contributed by atoms with Gasteiger partial charge in [0.25, 0.3) is 0 Å². The molecule has 16 heavy (non-hydrogen) atoms. The molecular formula is C15H24Si. The zero-order valence-corrected chi connectivity index (χ0v) is 11.9. The van der Waals surface area contributed by atoms with E-state index in [0.717, 1.165) is 17.8 Å². The molecule has 5 aliphatic rings. The molecule has 0 radical (unpaired) electrons. The highest BCUT2D eigenvalue weighted by Crippen LogP contribution is 2.78. The van der Waals surface area contributed by atoms with Gasteiger partial charge in [-0.05, 0) is 60.8 Å². The maximum absolute atomic E-state index is 2.67. The smallest absolute Gasteiger partial charge is 0.0483 e. The first-order valence-electron chi connectivity index (χ1n) is 7.22. The lowest BCUT2D eigenvalue weighted by Crippen LogP contribution is -2.21. The van der Waals surface area contributed by atoms with Crippen LogP contribution in [0.15, 0.2) is 11.6 Å². The van der Waals surface area contributed by atoms with Crippen molar-refractivity contribution in [2.45, 2.75) is 44.9 Å². The van der Waals surface area contributed by atoms with Crippen LogP contribution in [-0.4, -0.2) is 8.07 Å². The van der Waals surface area contributed by atoms with Crippen LogP contribution in [0, 0.1) is 35.5 Å². The average molecular weight is 232 g/mol. The van der Waals surface area contributed by atoms with Crippen molar-refractivity contribution in [2.24, 2.45) is 35.5 Å². The molecule has 0 aromatic carbocycles. The van der Waals surface area contributed by atoms with Crippen LogP contribution in [0.2, 0.25) is 25.7 Å². The molecule has 88 valence electrons. The Hall–Kier alpha value is -0.0431. The van der Waals surface area contributed by atoms with Crippen molar-refractivity contribution < 1.29 is 0 Å². The predicted octanol–water partition coefficient (Wildman–Crippen LogP) is 4.17. The van der Waals surface area contributed by atoms with Crippen molar-refractivity contribution in [3.05, 3.63) is 11.6 Å². The fourth-order valence-electron chi connectivity index (χ4n) is 5.63. The highest BCUT2D eigenvalue weighted by molar-refractivity contribution is 6.76. The molecule has 0 aromatic heterocycles. The van der Waals surface area contributed by atoms with E-state index in [-0.39, 0.29) is 0 Å². The molecule has 4 fully saturated rings. The topological polar surface area (TPSA) is 0 Å². The minimum absolute atomic E-state index is 0.880. The fraction of sp³-hybridized carbons (Fsp3) is 0.867. The van der Waals surface area contributed by atoms with Gasteiger partial charge in [-0.15, -0.1) is 0 Å². The first kappa shape index (κ1) is 9.93. The van der Waals surface area contributed by atoms with Crippen molar-refractivity contribution in [3.8, 4) is 0 Å². The number of hydrogen-bond donors (Lipinski definition) is 0. The summed E-state index contributed by atoms with van der Waals surface area (Å²) in [6, 6.07) is 1.48. The molecule has 6 unspecified atom stereocenters. The maximum Gasteiger partial charge on any atom is 0.0483 e. The Balaban J connectivity index is 1.56. The summed E-state index contributed by atoms with van der Waals surface area (Å²) in [5.74, 6) is 7.07.